The van der Waals surface area contributed by atoms with Crippen LogP contribution in [0.15, 0.2) is 42.5 Å². The van der Waals surface area contributed by atoms with E-state index in [0.717, 1.165) is 19.6 Å². The number of para-hydroxylation sites is 1. The molecule has 2 nitrogen and oxygen atoms in total. The van der Waals surface area contributed by atoms with Crippen LogP contribution in [0.1, 0.15) is 24.8 Å². The highest BCUT2D eigenvalue weighted by Gasteiger charge is 2.18. The smallest absolute Gasteiger partial charge is 0.0491 e. The minimum atomic E-state index is 0.683. The number of hydrogen-bond acceptors (Lipinski definition) is 1. The molecular weight excluding hydrogens is 244 g/mol. The average molecular weight is 264 g/mol. The number of rotatable bonds is 2. The Balaban J connectivity index is 1.99. The molecule has 1 saturated heterocycles. The zero-order valence-corrected chi connectivity index (χ0v) is 11.9. The normalized spacial score (nSPS) is 19.1. The molecule has 0 spiro atoms. The highest BCUT2D eigenvalue weighted by Crippen LogP contribution is 2.32. The number of nitrogens with one attached hydrogen (secondary N) is 1. The van der Waals surface area contributed by atoms with Crippen LogP contribution in [0.25, 0.3) is 21.8 Å². The van der Waals surface area contributed by atoms with Crippen molar-refractivity contribution < 1.29 is 0 Å². The van der Waals surface area contributed by atoms with Crippen molar-refractivity contribution in [3.63, 3.8) is 0 Å². The second-order valence-electron chi connectivity index (χ2n) is 5.73. The maximum Gasteiger partial charge on any atom is 0.0491 e. The lowest BCUT2D eigenvalue weighted by Gasteiger charge is -2.09. The molecule has 1 aliphatic rings. The first kappa shape index (κ1) is 12.0. The summed E-state index contributed by atoms with van der Waals surface area (Å²) in [5.74, 6) is 0.683. The Morgan fingerprint density at radius 2 is 1.95 bits per heavy atom. The number of fused-ring (bicyclic) bond motifs is 3. The van der Waals surface area contributed by atoms with Gasteiger partial charge in [0.15, 0.2) is 0 Å². The van der Waals surface area contributed by atoms with Gasteiger partial charge in [0, 0.05) is 34.9 Å². The van der Waals surface area contributed by atoms with Crippen molar-refractivity contribution in [1.82, 2.24) is 9.88 Å². The van der Waals surface area contributed by atoms with Gasteiger partial charge in [-0.2, -0.15) is 0 Å². The van der Waals surface area contributed by atoms with Gasteiger partial charge in [-0.25, -0.2) is 0 Å². The quantitative estimate of drug-likeness (QED) is 0.743. The van der Waals surface area contributed by atoms with E-state index in [2.05, 4.69) is 59.3 Å². The molecule has 3 aromatic rings. The van der Waals surface area contributed by atoms with E-state index in [0.29, 0.717) is 5.92 Å². The van der Waals surface area contributed by atoms with Gasteiger partial charge in [-0.1, -0.05) is 24.3 Å². The fourth-order valence-electron chi connectivity index (χ4n) is 3.61. The van der Waals surface area contributed by atoms with Gasteiger partial charge in [0.05, 0.1) is 0 Å². The van der Waals surface area contributed by atoms with Crippen molar-refractivity contribution in [2.45, 2.75) is 25.8 Å². The molecule has 4 rings (SSSR count). The predicted molar refractivity (Wildman–Crippen MR) is 85.3 cm³/mol. The molecule has 0 aliphatic carbocycles. The third-order valence-electron chi connectivity index (χ3n) is 4.64. The van der Waals surface area contributed by atoms with E-state index in [1.54, 1.807) is 0 Å². The molecule has 1 N–H and O–H groups in total. The number of nitrogens with zero attached hydrogens (tertiary/aromatic N) is 1. The molecule has 0 amide bonds. The average Bonchev–Trinajstić information content (AvgIpc) is 3.12. The van der Waals surface area contributed by atoms with Crippen molar-refractivity contribution in [3.8, 4) is 0 Å². The van der Waals surface area contributed by atoms with Crippen LogP contribution in [-0.2, 0) is 6.54 Å². The fourth-order valence-corrected chi connectivity index (χ4v) is 3.61. The Morgan fingerprint density at radius 1 is 1.10 bits per heavy atom. The van der Waals surface area contributed by atoms with E-state index < -0.39 is 0 Å². The topological polar surface area (TPSA) is 17.0 Å². The summed E-state index contributed by atoms with van der Waals surface area (Å²) in [5, 5.41) is 6.26. The van der Waals surface area contributed by atoms with Gasteiger partial charge < -0.3 is 9.88 Å². The molecule has 1 unspecified atom stereocenters. The summed E-state index contributed by atoms with van der Waals surface area (Å²) in [4.78, 5) is 0. The first-order valence-corrected chi connectivity index (χ1v) is 7.60. The predicted octanol–water partition coefficient (Wildman–Crippen LogP) is 3.89. The van der Waals surface area contributed by atoms with Crippen LogP contribution in [0, 0.1) is 0 Å². The summed E-state index contributed by atoms with van der Waals surface area (Å²) in [6, 6.07) is 15.8. The van der Waals surface area contributed by atoms with Crippen molar-refractivity contribution in [2.24, 2.45) is 0 Å². The molecule has 1 aromatic heterocycles. The monoisotopic (exact) mass is 264 g/mol. The highest BCUT2D eigenvalue weighted by molar-refractivity contribution is 6.08. The SMILES string of the molecule is CCn1c2ccccc2c2cc(C3CCNC3)ccc21. The van der Waals surface area contributed by atoms with Crippen LogP contribution in [0.5, 0.6) is 0 Å². The first-order valence-electron chi connectivity index (χ1n) is 7.60. The number of hydrogen-bond donors (Lipinski definition) is 1. The molecule has 2 heteroatoms. The Hall–Kier alpha value is -1.80. The van der Waals surface area contributed by atoms with Crippen LogP contribution in [-0.4, -0.2) is 17.7 Å². The fraction of sp³-hybridized carbons (Fsp3) is 0.333. The lowest BCUT2D eigenvalue weighted by Crippen LogP contribution is -2.07. The van der Waals surface area contributed by atoms with Crippen molar-refractivity contribution in [3.05, 3.63) is 48.0 Å². The minimum Gasteiger partial charge on any atom is -0.341 e. The zero-order chi connectivity index (χ0) is 13.5. The molecule has 0 radical (unpaired) electrons. The molecule has 0 saturated carbocycles. The van der Waals surface area contributed by atoms with Gasteiger partial charge in [0.25, 0.3) is 0 Å². The van der Waals surface area contributed by atoms with Crippen molar-refractivity contribution in [1.29, 1.82) is 0 Å². The van der Waals surface area contributed by atoms with Crippen LogP contribution < -0.4 is 5.32 Å². The molecule has 102 valence electrons. The lowest BCUT2D eigenvalue weighted by atomic mass is 9.96. The van der Waals surface area contributed by atoms with Gasteiger partial charge >= 0.3 is 0 Å². The van der Waals surface area contributed by atoms with Gasteiger partial charge in [0.2, 0.25) is 0 Å². The minimum absolute atomic E-state index is 0.683. The molecule has 20 heavy (non-hydrogen) atoms. The Bertz CT molecular complexity index is 764. The molecule has 1 fully saturated rings. The lowest BCUT2D eigenvalue weighted by molar-refractivity contribution is 0.764. The van der Waals surface area contributed by atoms with E-state index in [-0.39, 0.29) is 0 Å². The summed E-state index contributed by atoms with van der Waals surface area (Å²) in [6.45, 7) is 5.52. The highest BCUT2D eigenvalue weighted by atomic mass is 15.0. The van der Waals surface area contributed by atoms with Crippen LogP contribution in [0.4, 0.5) is 0 Å². The van der Waals surface area contributed by atoms with Crippen LogP contribution >= 0.6 is 0 Å². The van der Waals surface area contributed by atoms with Gasteiger partial charge in [-0.15, -0.1) is 0 Å². The maximum atomic E-state index is 3.47. The molecular formula is C18H20N2. The summed E-state index contributed by atoms with van der Waals surface area (Å²) >= 11 is 0. The summed E-state index contributed by atoms with van der Waals surface area (Å²) in [6.07, 6.45) is 1.26. The Kier molecular flexibility index (Phi) is 2.78. The maximum absolute atomic E-state index is 3.47. The first-order chi connectivity index (χ1) is 9.88. The van der Waals surface area contributed by atoms with Gasteiger partial charge in [-0.3, -0.25) is 0 Å². The number of aryl methyl sites for hydroxylation is 1. The second kappa shape index (κ2) is 4.64. The van der Waals surface area contributed by atoms with Crippen molar-refractivity contribution >= 4 is 21.8 Å². The number of benzene rings is 2. The van der Waals surface area contributed by atoms with E-state index in [9.17, 15) is 0 Å². The summed E-state index contributed by atoms with van der Waals surface area (Å²) in [7, 11) is 0. The van der Waals surface area contributed by atoms with Crippen LogP contribution in [0.3, 0.4) is 0 Å². The van der Waals surface area contributed by atoms with E-state index in [4.69, 9.17) is 0 Å². The molecule has 1 aliphatic heterocycles. The van der Waals surface area contributed by atoms with E-state index >= 15 is 0 Å². The molecule has 2 heterocycles. The third kappa shape index (κ3) is 1.68. The Labute approximate surface area is 119 Å². The van der Waals surface area contributed by atoms with Gasteiger partial charge in [-0.05, 0) is 49.6 Å². The van der Waals surface area contributed by atoms with Gasteiger partial charge in [0.1, 0.15) is 0 Å². The summed E-state index contributed by atoms with van der Waals surface area (Å²) < 4.78 is 2.42. The Morgan fingerprint density at radius 3 is 2.75 bits per heavy atom. The summed E-state index contributed by atoms with van der Waals surface area (Å²) in [5.41, 5.74) is 4.21. The third-order valence-corrected chi connectivity index (χ3v) is 4.64. The molecule has 0 bridgehead atoms. The van der Waals surface area contributed by atoms with E-state index in [1.165, 1.54) is 33.8 Å². The second-order valence-corrected chi connectivity index (χ2v) is 5.73. The zero-order valence-electron chi connectivity index (χ0n) is 11.9. The molecule has 2 aromatic carbocycles. The van der Waals surface area contributed by atoms with E-state index in [1.807, 2.05) is 0 Å². The van der Waals surface area contributed by atoms with Crippen molar-refractivity contribution in [2.75, 3.05) is 13.1 Å². The largest absolute Gasteiger partial charge is 0.341 e. The molecule has 1 atom stereocenters. The number of aromatic nitrogens is 1. The standard InChI is InChI=1S/C18H20N2/c1-2-20-17-6-4-3-5-15(17)16-11-13(7-8-18(16)20)14-9-10-19-12-14/h3-8,11,14,19H,2,9-10,12H2,1H3. The van der Waals surface area contributed by atoms with Crippen LogP contribution in [0.2, 0.25) is 0 Å².